The minimum Gasteiger partial charge on any atom is -0.495 e. The van der Waals surface area contributed by atoms with Gasteiger partial charge >= 0.3 is 0 Å². The second-order valence-corrected chi connectivity index (χ2v) is 4.75. The van der Waals surface area contributed by atoms with E-state index >= 15 is 0 Å². The molecule has 0 fully saturated rings. The first-order chi connectivity index (χ1) is 9.52. The molecule has 0 unspecified atom stereocenters. The van der Waals surface area contributed by atoms with Crippen molar-refractivity contribution in [1.82, 2.24) is 0 Å². The summed E-state index contributed by atoms with van der Waals surface area (Å²) in [5.41, 5.74) is 7.28. The topological polar surface area (TPSA) is 55.6 Å². The van der Waals surface area contributed by atoms with Gasteiger partial charge in [-0.3, -0.25) is 4.79 Å². The number of hydrogen-bond acceptors (Lipinski definition) is 3. The van der Waals surface area contributed by atoms with E-state index in [2.05, 4.69) is 0 Å². The monoisotopic (exact) mass is 290 g/mol. The molecule has 0 aliphatic carbocycles. The van der Waals surface area contributed by atoms with Crippen molar-refractivity contribution in [3.63, 3.8) is 0 Å². The summed E-state index contributed by atoms with van der Waals surface area (Å²) in [5.74, 6) is 0.419. The molecular formula is C15H15ClN2O2. The van der Waals surface area contributed by atoms with Gasteiger partial charge in [0.2, 0.25) is 0 Å². The molecule has 2 rings (SSSR count). The maximum Gasteiger partial charge on any atom is 0.258 e. The third kappa shape index (κ3) is 2.86. The highest BCUT2D eigenvalue weighted by Crippen LogP contribution is 2.28. The minimum absolute atomic E-state index is 0.205. The van der Waals surface area contributed by atoms with Gasteiger partial charge in [0, 0.05) is 23.3 Å². The predicted octanol–water partition coefficient (Wildman–Crippen LogP) is 3.21. The molecule has 0 atom stereocenters. The van der Waals surface area contributed by atoms with Crippen LogP contribution in [0.25, 0.3) is 0 Å². The number of para-hydroxylation sites is 2. The van der Waals surface area contributed by atoms with Crippen molar-refractivity contribution in [2.45, 2.75) is 0 Å². The van der Waals surface area contributed by atoms with Crippen LogP contribution >= 0.6 is 11.6 Å². The number of methoxy groups -OCH3 is 1. The van der Waals surface area contributed by atoms with Crippen LogP contribution in [0.1, 0.15) is 10.4 Å². The average molecular weight is 291 g/mol. The molecule has 0 heterocycles. The Morgan fingerprint density at radius 1 is 1.25 bits per heavy atom. The quantitative estimate of drug-likeness (QED) is 0.883. The number of halogens is 1. The number of nitrogens with two attached hydrogens (primary N) is 1. The first-order valence-electron chi connectivity index (χ1n) is 6.00. The van der Waals surface area contributed by atoms with Crippen LogP contribution in [0.4, 0.5) is 11.4 Å². The Hall–Kier alpha value is -2.20. The van der Waals surface area contributed by atoms with Crippen LogP contribution in [0.5, 0.6) is 5.75 Å². The number of ether oxygens (including phenoxy) is 1. The zero-order chi connectivity index (χ0) is 14.7. The third-order valence-corrected chi connectivity index (χ3v) is 3.14. The molecule has 0 saturated heterocycles. The van der Waals surface area contributed by atoms with Gasteiger partial charge in [0.05, 0.1) is 12.8 Å². The first kappa shape index (κ1) is 14.2. The summed E-state index contributed by atoms with van der Waals surface area (Å²) in [5, 5.41) is 0.432. The maximum atomic E-state index is 12.5. The van der Waals surface area contributed by atoms with E-state index in [9.17, 15) is 4.79 Å². The van der Waals surface area contributed by atoms with Crippen LogP contribution in [0.15, 0.2) is 42.5 Å². The highest BCUT2D eigenvalue weighted by molar-refractivity contribution is 6.31. The third-order valence-electron chi connectivity index (χ3n) is 2.92. The molecule has 0 bridgehead atoms. The van der Waals surface area contributed by atoms with E-state index in [-0.39, 0.29) is 5.91 Å². The fourth-order valence-corrected chi connectivity index (χ4v) is 2.19. The van der Waals surface area contributed by atoms with Crippen molar-refractivity contribution < 1.29 is 9.53 Å². The van der Waals surface area contributed by atoms with Crippen LogP contribution in [0.3, 0.4) is 0 Å². The fourth-order valence-electron chi connectivity index (χ4n) is 1.95. The molecule has 4 nitrogen and oxygen atoms in total. The summed E-state index contributed by atoms with van der Waals surface area (Å²) < 4.78 is 5.26. The Morgan fingerprint density at radius 3 is 2.60 bits per heavy atom. The van der Waals surface area contributed by atoms with E-state index in [1.165, 1.54) is 4.90 Å². The fraction of sp³-hybridized carbons (Fsp3) is 0.133. The lowest BCUT2D eigenvalue weighted by Gasteiger charge is -2.20. The summed E-state index contributed by atoms with van der Waals surface area (Å²) in [4.78, 5) is 14.0. The number of carbonyl (C=O) groups is 1. The number of anilines is 2. The predicted molar refractivity (Wildman–Crippen MR) is 81.6 cm³/mol. The van der Waals surface area contributed by atoms with Crippen molar-refractivity contribution in [3.05, 3.63) is 53.1 Å². The largest absolute Gasteiger partial charge is 0.495 e. The standard InChI is InChI=1S/C15H15ClN2O2/c1-18(13-5-3-4-6-14(13)20-2)15(19)10-7-11(16)9-12(17)8-10/h3-9H,17H2,1-2H3. The molecular weight excluding hydrogens is 276 g/mol. The molecule has 0 saturated carbocycles. The van der Waals surface area contributed by atoms with Crippen LogP contribution in [0, 0.1) is 0 Å². The lowest BCUT2D eigenvalue weighted by atomic mass is 10.1. The SMILES string of the molecule is COc1ccccc1N(C)C(=O)c1cc(N)cc(Cl)c1. The van der Waals surface area contributed by atoms with Crippen molar-refractivity contribution >= 4 is 28.9 Å². The van der Waals surface area contributed by atoms with Gasteiger partial charge in [0.25, 0.3) is 5.91 Å². The van der Waals surface area contributed by atoms with E-state index in [0.717, 1.165) is 0 Å². The summed E-state index contributed by atoms with van der Waals surface area (Å²) in [6, 6.07) is 12.1. The Morgan fingerprint density at radius 2 is 1.95 bits per heavy atom. The van der Waals surface area contributed by atoms with Gasteiger partial charge < -0.3 is 15.4 Å². The molecule has 2 aromatic rings. The van der Waals surface area contributed by atoms with E-state index in [4.69, 9.17) is 22.1 Å². The number of rotatable bonds is 3. The number of nitrogen functional groups attached to an aromatic ring is 1. The van der Waals surface area contributed by atoms with Crippen LogP contribution in [0.2, 0.25) is 5.02 Å². The average Bonchev–Trinajstić information content (AvgIpc) is 2.44. The van der Waals surface area contributed by atoms with Crippen molar-refractivity contribution in [2.24, 2.45) is 0 Å². The van der Waals surface area contributed by atoms with Gasteiger partial charge in [0.1, 0.15) is 5.75 Å². The number of amides is 1. The van der Waals surface area contributed by atoms with E-state index in [1.807, 2.05) is 18.2 Å². The van der Waals surface area contributed by atoms with Crippen LogP contribution in [-0.2, 0) is 0 Å². The Balaban J connectivity index is 2.37. The van der Waals surface area contributed by atoms with Gasteiger partial charge in [-0.15, -0.1) is 0 Å². The second kappa shape index (κ2) is 5.84. The highest BCUT2D eigenvalue weighted by Gasteiger charge is 2.17. The van der Waals surface area contributed by atoms with Crippen molar-refractivity contribution in [1.29, 1.82) is 0 Å². The summed E-state index contributed by atoms with van der Waals surface area (Å²) >= 11 is 5.93. The summed E-state index contributed by atoms with van der Waals surface area (Å²) in [6.07, 6.45) is 0. The summed E-state index contributed by atoms with van der Waals surface area (Å²) in [6.45, 7) is 0. The molecule has 0 aromatic heterocycles. The van der Waals surface area contributed by atoms with Gasteiger partial charge in [-0.25, -0.2) is 0 Å². The summed E-state index contributed by atoms with van der Waals surface area (Å²) in [7, 11) is 3.24. The van der Waals surface area contributed by atoms with Gasteiger partial charge in [0.15, 0.2) is 0 Å². The number of nitrogens with zero attached hydrogens (tertiary/aromatic N) is 1. The molecule has 104 valence electrons. The molecule has 1 amide bonds. The van der Waals surface area contributed by atoms with Crippen LogP contribution in [-0.4, -0.2) is 20.1 Å². The Bertz CT molecular complexity index is 623. The van der Waals surface area contributed by atoms with E-state index in [1.54, 1.807) is 38.4 Å². The molecule has 2 aromatic carbocycles. The Labute approximate surface area is 122 Å². The zero-order valence-electron chi connectivity index (χ0n) is 11.3. The lowest BCUT2D eigenvalue weighted by molar-refractivity contribution is 0.0992. The zero-order valence-corrected chi connectivity index (χ0v) is 12.0. The number of hydrogen-bond donors (Lipinski definition) is 1. The molecule has 0 aliphatic rings. The highest BCUT2D eigenvalue weighted by atomic mass is 35.5. The second-order valence-electron chi connectivity index (χ2n) is 4.31. The van der Waals surface area contributed by atoms with Crippen molar-refractivity contribution in [3.8, 4) is 5.75 Å². The normalized spacial score (nSPS) is 10.2. The first-order valence-corrected chi connectivity index (χ1v) is 6.38. The lowest BCUT2D eigenvalue weighted by Crippen LogP contribution is -2.26. The van der Waals surface area contributed by atoms with E-state index < -0.39 is 0 Å². The van der Waals surface area contributed by atoms with Gasteiger partial charge in [-0.1, -0.05) is 23.7 Å². The molecule has 0 spiro atoms. The molecule has 2 N–H and O–H groups in total. The molecule has 5 heteroatoms. The number of carbonyl (C=O) groups excluding carboxylic acids is 1. The number of benzene rings is 2. The van der Waals surface area contributed by atoms with Gasteiger partial charge in [-0.2, -0.15) is 0 Å². The van der Waals surface area contributed by atoms with Crippen LogP contribution < -0.4 is 15.4 Å². The van der Waals surface area contributed by atoms with E-state index in [0.29, 0.717) is 27.7 Å². The minimum atomic E-state index is -0.205. The smallest absolute Gasteiger partial charge is 0.258 e. The molecule has 20 heavy (non-hydrogen) atoms. The Kier molecular flexibility index (Phi) is 4.15. The molecule has 0 radical (unpaired) electrons. The van der Waals surface area contributed by atoms with Gasteiger partial charge in [-0.05, 0) is 30.3 Å². The molecule has 0 aliphatic heterocycles. The maximum absolute atomic E-state index is 12.5. The van der Waals surface area contributed by atoms with Crippen molar-refractivity contribution in [2.75, 3.05) is 24.8 Å².